The van der Waals surface area contributed by atoms with Crippen LogP contribution in [0.2, 0.25) is 5.02 Å². The normalized spacial score (nSPS) is 10.9. The zero-order chi connectivity index (χ0) is 21.8. The number of hydrogen-bond donors (Lipinski definition) is 0. The molecule has 0 spiro atoms. The quantitative estimate of drug-likeness (QED) is 0.346. The van der Waals surface area contributed by atoms with Gasteiger partial charge in [-0.25, -0.2) is 9.48 Å². The molecule has 0 unspecified atom stereocenters. The van der Waals surface area contributed by atoms with Crippen LogP contribution in [0.4, 0.5) is 0 Å². The first-order valence-electron chi connectivity index (χ1n) is 9.68. The Balaban J connectivity index is 1.68. The molecule has 1 heterocycles. The van der Waals surface area contributed by atoms with Crippen LogP contribution in [0.25, 0.3) is 10.8 Å². The minimum atomic E-state index is -0.487. The summed E-state index contributed by atoms with van der Waals surface area (Å²) in [4.78, 5) is 13.4. The summed E-state index contributed by atoms with van der Waals surface area (Å²) in [6.07, 6.45) is 0. The lowest BCUT2D eigenvalue weighted by atomic mass is 10.1. The number of benzene rings is 3. The molecule has 3 aromatic carbocycles. The Bertz CT molecular complexity index is 1220. The maximum absolute atomic E-state index is 12.5. The highest BCUT2D eigenvalue weighted by atomic mass is 35.5. The first kappa shape index (κ1) is 21.2. The van der Waals surface area contributed by atoms with Crippen LogP contribution < -0.4 is 4.74 Å². The average molecular weight is 454 g/mol. The molecule has 4 aromatic rings. The predicted molar refractivity (Wildman–Crippen MR) is 121 cm³/mol. The molecule has 31 heavy (non-hydrogen) atoms. The highest BCUT2D eigenvalue weighted by Gasteiger charge is 2.22. The van der Waals surface area contributed by atoms with E-state index in [0.717, 1.165) is 27.0 Å². The monoisotopic (exact) mass is 453 g/mol. The van der Waals surface area contributed by atoms with E-state index in [1.165, 1.54) is 11.8 Å². The number of fused-ring (bicyclic) bond motifs is 1. The van der Waals surface area contributed by atoms with Crippen LogP contribution in [0.15, 0.2) is 70.6 Å². The highest BCUT2D eigenvalue weighted by molar-refractivity contribution is 7.99. The molecule has 0 fully saturated rings. The van der Waals surface area contributed by atoms with Crippen molar-refractivity contribution in [1.82, 2.24) is 15.0 Å². The largest absolute Gasteiger partial charge is 0.497 e. The smallest absolute Gasteiger partial charge is 0.361 e. The molecule has 6 nitrogen and oxygen atoms in total. The first-order chi connectivity index (χ1) is 15.1. The molecule has 0 N–H and O–H groups in total. The number of methoxy groups -OCH3 is 1. The van der Waals surface area contributed by atoms with Crippen molar-refractivity contribution in [2.75, 3.05) is 13.7 Å². The molecule has 0 saturated carbocycles. The van der Waals surface area contributed by atoms with Crippen LogP contribution in [-0.2, 0) is 11.3 Å². The van der Waals surface area contributed by atoms with Crippen molar-refractivity contribution in [3.05, 3.63) is 76.9 Å². The van der Waals surface area contributed by atoms with Crippen LogP contribution in [0.3, 0.4) is 0 Å². The lowest BCUT2D eigenvalue weighted by Crippen LogP contribution is -2.08. The second-order valence-corrected chi connectivity index (χ2v) is 8.22. The molecule has 158 valence electrons. The predicted octanol–water partition coefficient (Wildman–Crippen LogP) is 5.47. The molecular formula is C23H20ClN3O3S. The Morgan fingerprint density at radius 3 is 2.55 bits per heavy atom. The summed E-state index contributed by atoms with van der Waals surface area (Å²) in [5, 5.41) is 11.8. The summed E-state index contributed by atoms with van der Waals surface area (Å²) in [6.45, 7) is 2.49. The third-order valence-electron chi connectivity index (χ3n) is 4.64. The Morgan fingerprint density at radius 2 is 1.81 bits per heavy atom. The van der Waals surface area contributed by atoms with E-state index in [2.05, 4.69) is 16.4 Å². The van der Waals surface area contributed by atoms with Crippen LogP contribution in [-0.4, -0.2) is 34.7 Å². The average Bonchev–Trinajstić information content (AvgIpc) is 3.16. The number of halogens is 1. The Hall–Kier alpha value is -3.03. The molecule has 0 atom stereocenters. The van der Waals surface area contributed by atoms with Gasteiger partial charge in [-0.15, -0.1) is 5.10 Å². The van der Waals surface area contributed by atoms with E-state index < -0.39 is 5.97 Å². The summed E-state index contributed by atoms with van der Waals surface area (Å²) in [5.41, 5.74) is 1.22. The molecule has 0 bridgehead atoms. The summed E-state index contributed by atoms with van der Waals surface area (Å²) in [5.74, 6) is 0.291. The fourth-order valence-electron chi connectivity index (χ4n) is 3.11. The molecule has 0 aliphatic carbocycles. The van der Waals surface area contributed by atoms with Crippen molar-refractivity contribution < 1.29 is 14.3 Å². The van der Waals surface area contributed by atoms with Gasteiger partial charge in [0.15, 0.2) is 0 Å². The zero-order valence-electron chi connectivity index (χ0n) is 17.0. The summed E-state index contributed by atoms with van der Waals surface area (Å²) >= 11 is 7.52. The maximum Gasteiger partial charge on any atom is 0.361 e. The topological polar surface area (TPSA) is 66.2 Å². The van der Waals surface area contributed by atoms with Gasteiger partial charge < -0.3 is 9.47 Å². The fraction of sp³-hybridized carbons (Fsp3) is 0.174. The van der Waals surface area contributed by atoms with E-state index in [-0.39, 0.29) is 12.3 Å². The number of carbonyl (C=O) groups is 1. The van der Waals surface area contributed by atoms with Crippen molar-refractivity contribution in [2.45, 2.75) is 23.4 Å². The van der Waals surface area contributed by atoms with Gasteiger partial charge in [-0.05, 0) is 59.7 Å². The van der Waals surface area contributed by atoms with Crippen LogP contribution in [0.1, 0.15) is 23.0 Å². The van der Waals surface area contributed by atoms with Crippen molar-refractivity contribution >= 4 is 40.1 Å². The van der Waals surface area contributed by atoms with E-state index in [1.54, 1.807) is 18.7 Å². The number of esters is 1. The Morgan fingerprint density at radius 1 is 1.06 bits per heavy atom. The van der Waals surface area contributed by atoms with Crippen molar-refractivity contribution in [3.63, 3.8) is 0 Å². The van der Waals surface area contributed by atoms with E-state index in [4.69, 9.17) is 21.1 Å². The molecule has 8 heteroatoms. The number of carbonyl (C=O) groups excluding carboxylic acids is 1. The lowest BCUT2D eigenvalue weighted by molar-refractivity contribution is 0.0515. The molecule has 0 aliphatic rings. The van der Waals surface area contributed by atoms with Gasteiger partial charge >= 0.3 is 5.97 Å². The van der Waals surface area contributed by atoms with Crippen molar-refractivity contribution in [1.29, 1.82) is 0 Å². The van der Waals surface area contributed by atoms with Crippen LogP contribution >= 0.6 is 23.4 Å². The fourth-order valence-corrected chi connectivity index (χ4v) is 4.26. The summed E-state index contributed by atoms with van der Waals surface area (Å²) < 4.78 is 12.1. The standard InChI is InChI=1S/C23H20ClN3O3S/c1-3-30-23(28)21-22(27(26-25-21)14-15-4-9-19(29-2)10-5-15)31-20-11-7-16-12-18(24)8-6-17(16)13-20/h4-13H,3,14H2,1-2H3. The van der Waals surface area contributed by atoms with E-state index >= 15 is 0 Å². The van der Waals surface area contributed by atoms with Gasteiger partial charge in [0.2, 0.25) is 5.69 Å². The van der Waals surface area contributed by atoms with Crippen LogP contribution in [0.5, 0.6) is 5.75 Å². The third kappa shape index (κ3) is 4.84. The SMILES string of the molecule is CCOC(=O)c1nnn(Cc2ccc(OC)cc2)c1Sc1ccc2cc(Cl)ccc2c1. The van der Waals surface area contributed by atoms with E-state index in [9.17, 15) is 4.79 Å². The molecule has 0 saturated heterocycles. The van der Waals surface area contributed by atoms with Gasteiger partial charge in [0.25, 0.3) is 0 Å². The van der Waals surface area contributed by atoms with Gasteiger partial charge in [-0.1, -0.05) is 52.8 Å². The maximum atomic E-state index is 12.5. The molecule has 0 aliphatic heterocycles. The Labute approximate surface area is 189 Å². The zero-order valence-corrected chi connectivity index (χ0v) is 18.6. The number of rotatable bonds is 7. The van der Waals surface area contributed by atoms with Gasteiger partial charge in [0.05, 0.1) is 20.3 Å². The minimum Gasteiger partial charge on any atom is -0.497 e. The molecule has 1 aromatic heterocycles. The number of nitrogens with zero attached hydrogens (tertiary/aromatic N) is 3. The Kier molecular flexibility index (Phi) is 6.44. The van der Waals surface area contributed by atoms with Gasteiger partial charge in [0, 0.05) is 9.92 Å². The first-order valence-corrected chi connectivity index (χ1v) is 10.9. The second kappa shape index (κ2) is 9.41. The lowest BCUT2D eigenvalue weighted by Gasteiger charge is -2.09. The third-order valence-corrected chi connectivity index (χ3v) is 5.96. The number of aromatic nitrogens is 3. The number of hydrogen-bond acceptors (Lipinski definition) is 6. The van der Waals surface area contributed by atoms with Crippen molar-refractivity contribution in [3.8, 4) is 5.75 Å². The van der Waals surface area contributed by atoms with Gasteiger partial charge in [-0.2, -0.15) is 0 Å². The van der Waals surface area contributed by atoms with Gasteiger partial charge in [0.1, 0.15) is 10.8 Å². The van der Waals surface area contributed by atoms with Crippen molar-refractivity contribution in [2.24, 2.45) is 0 Å². The second-order valence-electron chi connectivity index (χ2n) is 6.72. The van der Waals surface area contributed by atoms with E-state index in [0.29, 0.717) is 16.6 Å². The number of ether oxygens (including phenoxy) is 2. The highest BCUT2D eigenvalue weighted by Crippen LogP contribution is 2.33. The summed E-state index contributed by atoms with van der Waals surface area (Å²) in [6, 6.07) is 19.5. The van der Waals surface area contributed by atoms with Gasteiger partial charge in [-0.3, -0.25) is 0 Å². The molecular weight excluding hydrogens is 434 g/mol. The minimum absolute atomic E-state index is 0.205. The molecule has 0 radical (unpaired) electrons. The summed E-state index contributed by atoms with van der Waals surface area (Å²) in [7, 11) is 1.63. The molecule has 4 rings (SSSR count). The molecule has 0 amide bonds. The van der Waals surface area contributed by atoms with E-state index in [1.807, 2.05) is 54.6 Å². The van der Waals surface area contributed by atoms with Crippen LogP contribution in [0, 0.1) is 0 Å².